The van der Waals surface area contributed by atoms with Crippen LogP contribution in [-0.4, -0.2) is 53.9 Å². The molecule has 154 valence electrons. The van der Waals surface area contributed by atoms with Gasteiger partial charge in [0.05, 0.1) is 5.52 Å². The second-order valence-electron chi connectivity index (χ2n) is 9.07. The van der Waals surface area contributed by atoms with Crippen molar-refractivity contribution in [3.05, 3.63) is 78.2 Å². The van der Waals surface area contributed by atoms with Crippen LogP contribution in [0.3, 0.4) is 0 Å². The van der Waals surface area contributed by atoms with Gasteiger partial charge in [-0.3, -0.25) is 9.78 Å². The Kier molecular flexibility index (Phi) is 3.93. The van der Waals surface area contributed by atoms with E-state index in [-0.39, 0.29) is 11.7 Å². The SMILES string of the molecule is CN1CC2(C1)CN(C(=O)c1ccc3c(-c4ccc(F)c5cccnc45)cccc3c1)C2. The summed E-state index contributed by atoms with van der Waals surface area (Å²) < 4.78 is 14.3. The zero-order valence-electron chi connectivity index (χ0n) is 17.3. The third-order valence-electron chi connectivity index (χ3n) is 6.68. The van der Waals surface area contributed by atoms with E-state index in [2.05, 4.69) is 16.9 Å². The van der Waals surface area contributed by atoms with E-state index in [1.807, 2.05) is 41.3 Å². The van der Waals surface area contributed by atoms with Gasteiger partial charge in [0.2, 0.25) is 0 Å². The molecule has 0 unspecified atom stereocenters. The maximum atomic E-state index is 14.3. The van der Waals surface area contributed by atoms with Crippen molar-refractivity contribution in [2.24, 2.45) is 5.41 Å². The molecule has 3 aromatic carbocycles. The van der Waals surface area contributed by atoms with Gasteiger partial charge in [0.15, 0.2) is 0 Å². The zero-order chi connectivity index (χ0) is 21.2. The number of carbonyl (C=O) groups excluding carboxylic acids is 1. The maximum absolute atomic E-state index is 14.3. The third-order valence-corrected chi connectivity index (χ3v) is 6.68. The van der Waals surface area contributed by atoms with Crippen LogP contribution in [0.25, 0.3) is 32.8 Å². The van der Waals surface area contributed by atoms with Crippen LogP contribution in [-0.2, 0) is 0 Å². The highest BCUT2D eigenvalue weighted by Crippen LogP contribution is 2.40. The number of rotatable bonds is 2. The number of pyridine rings is 1. The summed E-state index contributed by atoms with van der Waals surface area (Å²) in [6, 6.07) is 18.7. The van der Waals surface area contributed by atoms with Gasteiger partial charge in [-0.15, -0.1) is 0 Å². The molecule has 2 aliphatic heterocycles. The summed E-state index contributed by atoms with van der Waals surface area (Å²) in [5.74, 6) is -0.175. The molecule has 31 heavy (non-hydrogen) atoms. The van der Waals surface area contributed by atoms with Crippen LogP contribution in [0, 0.1) is 11.2 Å². The van der Waals surface area contributed by atoms with Crippen molar-refractivity contribution in [1.29, 1.82) is 0 Å². The number of carbonyl (C=O) groups is 1. The van der Waals surface area contributed by atoms with E-state index >= 15 is 0 Å². The molecule has 2 fully saturated rings. The molecule has 2 saturated heterocycles. The summed E-state index contributed by atoms with van der Waals surface area (Å²) in [7, 11) is 2.12. The average Bonchev–Trinajstić information content (AvgIpc) is 2.74. The molecule has 0 radical (unpaired) electrons. The fourth-order valence-electron chi connectivity index (χ4n) is 5.40. The molecule has 6 rings (SSSR count). The average molecular weight is 411 g/mol. The Morgan fingerprint density at radius 2 is 1.77 bits per heavy atom. The van der Waals surface area contributed by atoms with Crippen LogP contribution in [0.4, 0.5) is 4.39 Å². The summed E-state index contributed by atoms with van der Waals surface area (Å²) in [6.07, 6.45) is 1.69. The van der Waals surface area contributed by atoms with Crippen molar-refractivity contribution >= 4 is 27.6 Å². The Morgan fingerprint density at radius 3 is 2.58 bits per heavy atom. The number of likely N-dealkylation sites (tertiary alicyclic amines) is 2. The Labute approximate surface area is 179 Å². The largest absolute Gasteiger partial charge is 0.337 e. The van der Waals surface area contributed by atoms with Gasteiger partial charge < -0.3 is 9.80 Å². The predicted molar refractivity (Wildman–Crippen MR) is 120 cm³/mol. The molecule has 1 spiro atoms. The van der Waals surface area contributed by atoms with Crippen LogP contribution >= 0.6 is 0 Å². The van der Waals surface area contributed by atoms with E-state index < -0.39 is 0 Å². The van der Waals surface area contributed by atoms with E-state index in [1.54, 1.807) is 24.4 Å². The van der Waals surface area contributed by atoms with Crippen molar-refractivity contribution in [1.82, 2.24) is 14.8 Å². The predicted octanol–water partition coefficient (Wildman–Crippen LogP) is 4.58. The minimum Gasteiger partial charge on any atom is -0.337 e. The summed E-state index contributed by atoms with van der Waals surface area (Å²) in [6.45, 7) is 3.86. The highest BCUT2D eigenvalue weighted by atomic mass is 19.1. The molecule has 5 heteroatoms. The molecule has 4 nitrogen and oxygen atoms in total. The third kappa shape index (κ3) is 2.84. The van der Waals surface area contributed by atoms with Crippen LogP contribution < -0.4 is 0 Å². The monoisotopic (exact) mass is 411 g/mol. The fourth-order valence-corrected chi connectivity index (χ4v) is 5.40. The Morgan fingerprint density at radius 1 is 0.935 bits per heavy atom. The summed E-state index contributed by atoms with van der Waals surface area (Å²) >= 11 is 0. The molecule has 0 bridgehead atoms. The van der Waals surface area contributed by atoms with E-state index in [0.29, 0.717) is 21.9 Å². The maximum Gasteiger partial charge on any atom is 0.253 e. The lowest BCUT2D eigenvalue weighted by atomic mass is 9.73. The minimum absolute atomic E-state index is 0.0985. The van der Waals surface area contributed by atoms with Crippen LogP contribution in [0.5, 0.6) is 0 Å². The normalized spacial score (nSPS) is 17.7. The summed E-state index contributed by atoms with van der Waals surface area (Å²) in [4.78, 5) is 21.7. The lowest BCUT2D eigenvalue weighted by molar-refractivity contribution is -0.0871. The van der Waals surface area contributed by atoms with Crippen molar-refractivity contribution in [3.8, 4) is 11.1 Å². The van der Waals surface area contributed by atoms with Gasteiger partial charge in [-0.25, -0.2) is 4.39 Å². The lowest BCUT2D eigenvalue weighted by Crippen LogP contribution is -2.71. The molecule has 4 aromatic rings. The Bertz CT molecular complexity index is 1350. The first-order valence-electron chi connectivity index (χ1n) is 10.6. The van der Waals surface area contributed by atoms with Crippen molar-refractivity contribution < 1.29 is 9.18 Å². The molecular formula is C26H22FN3O. The Balaban J connectivity index is 1.37. The smallest absolute Gasteiger partial charge is 0.253 e. The number of amides is 1. The number of fused-ring (bicyclic) bond motifs is 2. The highest BCUT2D eigenvalue weighted by molar-refractivity contribution is 6.06. The van der Waals surface area contributed by atoms with Gasteiger partial charge in [-0.1, -0.05) is 24.3 Å². The van der Waals surface area contributed by atoms with Crippen molar-refractivity contribution in [3.63, 3.8) is 0 Å². The van der Waals surface area contributed by atoms with Gasteiger partial charge >= 0.3 is 0 Å². The highest BCUT2D eigenvalue weighted by Gasteiger charge is 2.51. The number of hydrogen-bond acceptors (Lipinski definition) is 3. The van der Waals surface area contributed by atoms with E-state index in [9.17, 15) is 9.18 Å². The first-order chi connectivity index (χ1) is 15.0. The van der Waals surface area contributed by atoms with Crippen LogP contribution in [0.1, 0.15) is 10.4 Å². The second-order valence-corrected chi connectivity index (χ2v) is 9.07. The second kappa shape index (κ2) is 6.59. The summed E-state index contributed by atoms with van der Waals surface area (Å²) in [5.41, 5.74) is 3.56. The first-order valence-corrected chi connectivity index (χ1v) is 10.6. The van der Waals surface area contributed by atoms with E-state index in [1.165, 1.54) is 6.07 Å². The number of aromatic nitrogens is 1. The molecule has 1 aromatic heterocycles. The molecule has 0 atom stereocenters. The van der Waals surface area contributed by atoms with Crippen molar-refractivity contribution in [2.45, 2.75) is 0 Å². The van der Waals surface area contributed by atoms with Crippen LogP contribution in [0.15, 0.2) is 66.9 Å². The lowest BCUT2D eigenvalue weighted by Gasteiger charge is -2.59. The molecule has 1 amide bonds. The fraction of sp³-hybridized carbons (Fsp3) is 0.231. The molecule has 3 heterocycles. The van der Waals surface area contributed by atoms with E-state index in [0.717, 1.165) is 48.1 Å². The summed E-state index contributed by atoms with van der Waals surface area (Å²) in [5, 5.41) is 2.53. The minimum atomic E-state index is -0.273. The van der Waals surface area contributed by atoms with Crippen molar-refractivity contribution in [2.75, 3.05) is 33.2 Å². The molecule has 0 saturated carbocycles. The topological polar surface area (TPSA) is 36.4 Å². The quantitative estimate of drug-likeness (QED) is 0.484. The Hall–Kier alpha value is -3.31. The molecule has 0 N–H and O–H groups in total. The zero-order valence-corrected chi connectivity index (χ0v) is 17.3. The van der Waals surface area contributed by atoms with Gasteiger partial charge in [-0.05, 0) is 59.8 Å². The van der Waals surface area contributed by atoms with Gasteiger partial charge in [0.1, 0.15) is 5.82 Å². The van der Waals surface area contributed by atoms with Gasteiger partial charge in [0, 0.05) is 54.3 Å². The molecule has 0 aliphatic carbocycles. The molecular weight excluding hydrogens is 389 g/mol. The van der Waals surface area contributed by atoms with E-state index in [4.69, 9.17) is 0 Å². The molecule has 2 aliphatic rings. The van der Waals surface area contributed by atoms with Crippen LogP contribution in [0.2, 0.25) is 0 Å². The first kappa shape index (κ1) is 18.5. The van der Waals surface area contributed by atoms with Gasteiger partial charge in [-0.2, -0.15) is 0 Å². The number of benzene rings is 3. The number of nitrogens with zero attached hydrogens (tertiary/aromatic N) is 3. The standard InChI is InChI=1S/C26H22FN3O/c1-29-13-26(14-29)15-30(16-26)25(31)18-7-8-19-17(12-18)4-2-5-20(19)21-9-10-23(27)22-6-3-11-28-24(21)22/h2-12H,13-16H2,1H3. The van der Waals surface area contributed by atoms with Gasteiger partial charge in [0.25, 0.3) is 5.91 Å². The number of halogens is 1. The number of hydrogen-bond donors (Lipinski definition) is 0.